The summed E-state index contributed by atoms with van der Waals surface area (Å²) in [6, 6.07) is 61.1. The second-order valence-electron chi connectivity index (χ2n) is 14.4. The molecule has 0 spiro atoms. The Hall–Kier alpha value is -7.63. The van der Waals surface area contributed by atoms with E-state index in [1.165, 1.54) is 5.39 Å². The van der Waals surface area contributed by atoms with Crippen LogP contribution in [0.25, 0.3) is 121 Å². The third kappa shape index (κ3) is 4.78. The van der Waals surface area contributed by atoms with Gasteiger partial charge in [0.25, 0.3) is 0 Å². The average molecular weight is 716 g/mol. The number of hydrogen-bond donors (Lipinski definition) is 0. The monoisotopic (exact) mass is 715 g/mol. The molecular weight excluding hydrogens is 687 g/mol. The number of para-hydroxylation sites is 2. The minimum atomic E-state index is 0.615. The number of rotatable bonds is 4. The molecule has 0 unspecified atom stereocenters. The maximum absolute atomic E-state index is 6.25. The van der Waals surface area contributed by atoms with Gasteiger partial charge in [-0.15, -0.1) is 0 Å². The first-order chi connectivity index (χ1) is 27.7. The number of nitrogens with zero attached hydrogens (tertiary/aromatic N) is 3. The van der Waals surface area contributed by atoms with E-state index in [0.717, 1.165) is 98.6 Å². The Labute approximate surface area is 320 Å². The van der Waals surface area contributed by atoms with E-state index in [9.17, 15) is 0 Å². The summed E-state index contributed by atoms with van der Waals surface area (Å²) in [6.45, 7) is 0. The summed E-state index contributed by atoms with van der Waals surface area (Å²) in [7, 11) is 0. The third-order valence-electron chi connectivity index (χ3n) is 11.1. The summed E-state index contributed by atoms with van der Waals surface area (Å²) in [5.74, 6) is 1.86. The van der Waals surface area contributed by atoms with E-state index in [-0.39, 0.29) is 0 Å². The topological polar surface area (TPSA) is 65.0 Å². The number of benzene rings is 9. The highest BCUT2D eigenvalue weighted by Gasteiger charge is 2.18. The molecule has 260 valence electrons. The third-order valence-corrected chi connectivity index (χ3v) is 11.1. The largest absolute Gasteiger partial charge is 0.456 e. The molecule has 12 aromatic rings. The van der Waals surface area contributed by atoms with E-state index in [1.54, 1.807) is 0 Å². The highest BCUT2D eigenvalue weighted by atomic mass is 16.3. The van der Waals surface area contributed by atoms with Crippen molar-refractivity contribution in [1.82, 2.24) is 15.0 Å². The van der Waals surface area contributed by atoms with Crippen molar-refractivity contribution >= 4 is 76.2 Å². The van der Waals surface area contributed by atoms with Gasteiger partial charge in [0.1, 0.15) is 22.3 Å². The van der Waals surface area contributed by atoms with Crippen LogP contribution >= 0.6 is 0 Å². The first kappa shape index (κ1) is 30.8. The van der Waals surface area contributed by atoms with E-state index in [0.29, 0.717) is 17.5 Å². The number of fused-ring (bicyclic) bond motifs is 10. The number of hydrogen-bond acceptors (Lipinski definition) is 5. The summed E-state index contributed by atoms with van der Waals surface area (Å²) in [4.78, 5) is 15.4. The summed E-state index contributed by atoms with van der Waals surface area (Å²) in [6.07, 6.45) is 0. The van der Waals surface area contributed by atoms with Gasteiger partial charge >= 0.3 is 0 Å². The van der Waals surface area contributed by atoms with Gasteiger partial charge in [0.2, 0.25) is 0 Å². The summed E-state index contributed by atoms with van der Waals surface area (Å²) in [5.41, 5.74) is 8.59. The SMILES string of the molecule is c1ccc2cc(-c3nc(-c4ccc5c(-c6cccc7oc8ccccc8c67)cccc5c4)nc(-c4ccc5c(ccc6oc7ccccc7c65)c4)n3)ccc2c1. The Bertz CT molecular complexity index is 3560. The van der Waals surface area contributed by atoms with Crippen molar-refractivity contribution in [1.29, 1.82) is 0 Å². The Balaban J connectivity index is 1.03. The van der Waals surface area contributed by atoms with Gasteiger partial charge in [-0.3, -0.25) is 0 Å². The molecule has 0 amide bonds. The van der Waals surface area contributed by atoms with Gasteiger partial charge in [-0.05, 0) is 85.9 Å². The highest BCUT2D eigenvalue weighted by molar-refractivity contribution is 6.19. The van der Waals surface area contributed by atoms with Gasteiger partial charge in [0, 0.05) is 38.2 Å². The van der Waals surface area contributed by atoms with E-state index in [1.807, 2.05) is 30.3 Å². The molecule has 0 aliphatic rings. The van der Waals surface area contributed by atoms with Crippen LogP contribution in [-0.2, 0) is 0 Å². The molecular formula is C51H29N3O2. The number of furan rings is 2. The van der Waals surface area contributed by atoms with Crippen LogP contribution in [0.3, 0.4) is 0 Å². The van der Waals surface area contributed by atoms with Crippen molar-refractivity contribution in [2.45, 2.75) is 0 Å². The molecule has 0 aliphatic carbocycles. The fourth-order valence-corrected chi connectivity index (χ4v) is 8.44. The van der Waals surface area contributed by atoms with E-state index in [2.05, 4.69) is 146 Å². The van der Waals surface area contributed by atoms with E-state index < -0.39 is 0 Å². The highest BCUT2D eigenvalue weighted by Crippen LogP contribution is 2.41. The van der Waals surface area contributed by atoms with Gasteiger partial charge in [-0.2, -0.15) is 0 Å². The fourth-order valence-electron chi connectivity index (χ4n) is 8.44. The maximum atomic E-state index is 6.25. The number of aromatic nitrogens is 3. The summed E-state index contributed by atoms with van der Waals surface area (Å²) in [5, 5.41) is 11.2. The second-order valence-corrected chi connectivity index (χ2v) is 14.4. The normalized spacial score (nSPS) is 11.9. The lowest BCUT2D eigenvalue weighted by molar-refractivity contribution is 0.668. The van der Waals surface area contributed by atoms with E-state index in [4.69, 9.17) is 23.8 Å². The van der Waals surface area contributed by atoms with Gasteiger partial charge in [-0.25, -0.2) is 15.0 Å². The van der Waals surface area contributed by atoms with Crippen LogP contribution in [0.1, 0.15) is 0 Å². The molecule has 0 bridgehead atoms. The molecule has 9 aromatic carbocycles. The molecule has 0 saturated carbocycles. The first-order valence-corrected chi connectivity index (χ1v) is 18.8. The predicted molar refractivity (Wildman–Crippen MR) is 229 cm³/mol. The molecule has 3 aromatic heterocycles. The Morgan fingerprint density at radius 1 is 0.286 bits per heavy atom. The zero-order chi connectivity index (χ0) is 36.7. The van der Waals surface area contributed by atoms with Crippen molar-refractivity contribution in [3.05, 3.63) is 176 Å². The standard InChI is InChI=1S/C51H29N3O2/c1-2-10-31-27-34(20-19-30(31)9-1)49-52-50(54-51(53-49)36-22-25-38-33(29-36)23-26-46-47(38)41-12-3-5-16-43(41)56-46)35-21-24-37-32(28-35)11-7-14-39(37)40-15-8-18-45-48(40)42-13-4-6-17-44(42)55-45/h1-29H. The second kappa shape index (κ2) is 11.9. The lowest BCUT2D eigenvalue weighted by atomic mass is 9.94. The average Bonchev–Trinajstić information content (AvgIpc) is 3.84. The summed E-state index contributed by atoms with van der Waals surface area (Å²) < 4.78 is 12.4. The summed E-state index contributed by atoms with van der Waals surface area (Å²) >= 11 is 0. The lowest BCUT2D eigenvalue weighted by Gasteiger charge is -2.12. The lowest BCUT2D eigenvalue weighted by Crippen LogP contribution is -2.00. The van der Waals surface area contributed by atoms with Crippen LogP contribution in [0.5, 0.6) is 0 Å². The minimum Gasteiger partial charge on any atom is -0.456 e. The quantitative estimate of drug-likeness (QED) is 0.181. The Morgan fingerprint density at radius 3 is 1.50 bits per heavy atom. The van der Waals surface area contributed by atoms with Gasteiger partial charge in [0.15, 0.2) is 17.5 Å². The molecule has 0 fully saturated rings. The van der Waals surface area contributed by atoms with Crippen LogP contribution in [0.4, 0.5) is 0 Å². The van der Waals surface area contributed by atoms with Crippen LogP contribution in [0, 0.1) is 0 Å². The molecule has 56 heavy (non-hydrogen) atoms. The molecule has 5 heteroatoms. The van der Waals surface area contributed by atoms with Crippen molar-refractivity contribution < 1.29 is 8.83 Å². The van der Waals surface area contributed by atoms with Crippen LogP contribution in [-0.4, -0.2) is 15.0 Å². The van der Waals surface area contributed by atoms with Crippen molar-refractivity contribution in [2.75, 3.05) is 0 Å². The fraction of sp³-hybridized carbons (Fsp3) is 0. The zero-order valence-corrected chi connectivity index (χ0v) is 29.9. The molecule has 5 nitrogen and oxygen atoms in total. The van der Waals surface area contributed by atoms with E-state index >= 15 is 0 Å². The predicted octanol–water partition coefficient (Wildman–Crippen LogP) is 13.8. The Morgan fingerprint density at radius 2 is 0.768 bits per heavy atom. The van der Waals surface area contributed by atoms with Gasteiger partial charge in [-0.1, -0.05) is 133 Å². The van der Waals surface area contributed by atoms with Crippen LogP contribution in [0.15, 0.2) is 185 Å². The van der Waals surface area contributed by atoms with Crippen LogP contribution < -0.4 is 0 Å². The molecule has 0 atom stereocenters. The first-order valence-electron chi connectivity index (χ1n) is 18.8. The smallest absolute Gasteiger partial charge is 0.164 e. The molecule has 12 rings (SSSR count). The van der Waals surface area contributed by atoms with Gasteiger partial charge in [0.05, 0.1) is 0 Å². The van der Waals surface area contributed by atoms with Crippen molar-refractivity contribution in [2.24, 2.45) is 0 Å². The molecule has 0 N–H and O–H groups in total. The zero-order valence-electron chi connectivity index (χ0n) is 29.9. The molecule has 0 saturated heterocycles. The van der Waals surface area contributed by atoms with Crippen molar-refractivity contribution in [3.63, 3.8) is 0 Å². The minimum absolute atomic E-state index is 0.615. The van der Waals surface area contributed by atoms with Crippen molar-refractivity contribution in [3.8, 4) is 45.3 Å². The molecule has 3 heterocycles. The molecule has 0 radical (unpaired) electrons. The van der Waals surface area contributed by atoms with Crippen LogP contribution in [0.2, 0.25) is 0 Å². The Kier molecular flexibility index (Phi) is 6.56. The van der Waals surface area contributed by atoms with Gasteiger partial charge < -0.3 is 8.83 Å². The maximum Gasteiger partial charge on any atom is 0.164 e. The molecule has 0 aliphatic heterocycles.